The van der Waals surface area contributed by atoms with Crippen molar-refractivity contribution in [3.05, 3.63) is 47.0 Å². The Kier molecular flexibility index (Phi) is 3.62. The van der Waals surface area contributed by atoms with Gasteiger partial charge in [0.25, 0.3) is 0 Å². The van der Waals surface area contributed by atoms with Crippen molar-refractivity contribution >= 4 is 22.6 Å². The molecule has 0 unspecified atom stereocenters. The molecule has 1 aromatic carbocycles. The smallest absolute Gasteiger partial charge is 0.123 e. The van der Waals surface area contributed by atoms with Crippen LogP contribution >= 0.6 is 11.6 Å². The van der Waals surface area contributed by atoms with Crippen LogP contribution in [0.15, 0.2) is 30.6 Å². The number of hydrogen-bond acceptors (Lipinski definition) is 3. The Bertz CT molecular complexity index is 850. The number of likely N-dealkylation sites (tertiary alicyclic amines) is 1. The summed E-state index contributed by atoms with van der Waals surface area (Å²) >= 11 is 6.09. The van der Waals surface area contributed by atoms with Crippen molar-refractivity contribution < 1.29 is 0 Å². The minimum atomic E-state index is 0.437. The number of halogens is 1. The highest BCUT2D eigenvalue weighted by atomic mass is 35.5. The van der Waals surface area contributed by atoms with Gasteiger partial charge in [0.15, 0.2) is 0 Å². The van der Waals surface area contributed by atoms with Crippen molar-refractivity contribution in [2.75, 3.05) is 6.54 Å². The molecule has 5 nitrogen and oxygen atoms in total. The van der Waals surface area contributed by atoms with Crippen LogP contribution < -0.4 is 0 Å². The van der Waals surface area contributed by atoms with Crippen LogP contribution in [0.4, 0.5) is 0 Å². The molecule has 1 fully saturated rings. The maximum atomic E-state index is 6.09. The van der Waals surface area contributed by atoms with Gasteiger partial charge in [0.05, 0.1) is 23.8 Å². The molecule has 1 atom stereocenters. The number of imidazole rings is 1. The highest BCUT2D eigenvalue weighted by molar-refractivity contribution is 6.31. The lowest BCUT2D eigenvalue weighted by atomic mass is 10.1. The lowest BCUT2D eigenvalue weighted by Crippen LogP contribution is -2.24. The minimum absolute atomic E-state index is 0.437. The van der Waals surface area contributed by atoms with Crippen LogP contribution in [0.3, 0.4) is 0 Å². The predicted molar refractivity (Wildman–Crippen MR) is 91.3 cm³/mol. The Labute approximate surface area is 140 Å². The number of hydrogen-bond donors (Lipinski definition) is 0. The molecule has 2 aromatic heterocycles. The van der Waals surface area contributed by atoms with Crippen molar-refractivity contribution in [1.82, 2.24) is 24.2 Å². The fraction of sp³-hybridized carbons (Fsp3) is 0.412. The van der Waals surface area contributed by atoms with E-state index in [1.807, 2.05) is 36.1 Å². The second kappa shape index (κ2) is 5.65. The van der Waals surface area contributed by atoms with E-state index in [0.29, 0.717) is 6.04 Å². The maximum absolute atomic E-state index is 6.09. The third-order valence-corrected chi connectivity index (χ3v) is 4.99. The number of benzene rings is 1. The zero-order valence-electron chi connectivity index (χ0n) is 13.4. The van der Waals surface area contributed by atoms with E-state index >= 15 is 0 Å². The molecule has 6 heteroatoms. The molecular formula is C17H20ClN5. The van der Waals surface area contributed by atoms with Gasteiger partial charge in [-0.3, -0.25) is 9.58 Å². The Morgan fingerprint density at radius 2 is 2.17 bits per heavy atom. The average Bonchev–Trinajstić information content (AvgIpc) is 3.20. The normalized spacial score (nSPS) is 19.0. The summed E-state index contributed by atoms with van der Waals surface area (Å²) in [6, 6.07) is 6.33. The molecule has 120 valence electrons. The third-order valence-electron chi connectivity index (χ3n) is 4.75. The van der Waals surface area contributed by atoms with Gasteiger partial charge in [0.1, 0.15) is 5.82 Å². The summed E-state index contributed by atoms with van der Waals surface area (Å²) in [4.78, 5) is 7.29. The molecule has 1 aliphatic heterocycles. The molecule has 0 amide bonds. The van der Waals surface area contributed by atoms with E-state index in [9.17, 15) is 0 Å². The highest BCUT2D eigenvalue weighted by Gasteiger charge is 2.28. The molecule has 0 aliphatic carbocycles. The fourth-order valence-electron chi connectivity index (χ4n) is 3.55. The van der Waals surface area contributed by atoms with E-state index in [1.54, 1.807) is 0 Å². The number of rotatable bonds is 3. The van der Waals surface area contributed by atoms with E-state index in [0.717, 1.165) is 35.0 Å². The van der Waals surface area contributed by atoms with Gasteiger partial charge in [0.2, 0.25) is 0 Å². The highest BCUT2D eigenvalue weighted by Crippen LogP contribution is 2.33. The van der Waals surface area contributed by atoms with Gasteiger partial charge in [-0.05, 0) is 37.6 Å². The van der Waals surface area contributed by atoms with Crippen molar-refractivity contribution in [3.8, 4) is 0 Å². The van der Waals surface area contributed by atoms with E-state index < -0.39 is 0 Å². The molecule has 1 saturated heterocycles. The van der Waals surface area contributed by atoms with E-state index in [4.69, 9.17) is 16.6 Å². The van der Waals surface area contributed by atoms with E-state index in [2.05, 4.69) is 27.8 Å². The molecule has 0 bridgehead atoms. The summed E-state index contributed by atoms with van der Waals surface area (Å²) in [6.45, 7) is 1.95. The second-order valence-electron chi connectivity index (χ2n) is 6.30. The largest absolute Gasteiger partial charge is 0.330 e. The topological polar surface area (TPSA) is 38.9 Å². The lowest BCUT2D eigenvalue weighted by Gasteiger charge is -2.23. The van der Waals surface area contributed by atoms with Gasteiger partial charge in [0, 0.05) is 36.9 Å². The number of nitrogens with zero attached hydrogens (tertiary/aromatic N) is 5. The zero-order valence-corrected chi connectivity index (χ0v) is 14.2. The Morgan fingerprint density at radius 1 is 1.30 bits per heavy atom. The lowest BCUT2D eigenvalue weighted by molar-refractivity contribution is 0.240. The Morgan fingerprint density at radius 3 is 2.96 bits per heavy atom. The molecule has 0 saturated carbocycles. The summed E-state index contributed by atoms with van der Waals surface area (Å²) < 4.78 is 4.05. The predicted octanol–water partition coefficient (Wildman–Crippen LogP) is 3.30. The molecule has 3 aromatic rings. The van der Waals surface area contributed by atoms with Crippen LogP contribution in [0, 0.1) is 0 Å². The average molecular weight is 330 g/mol. The molecule has 0 N–H and O–H groups in total. The first-order chi connectivity index (χ1) is 11.1. The number of aryl methyl sites for hydroxylation is 2. The molecule has 1 aliphatic rings. The van der Waals surface area contributed by atoms with Crippen LogP contribution in [0.2, 0.25) is 5.02 Å². The number of fused-ring (bicyclic) bond motifs is 1. The minimum Gasteiger partial charge on any atom is -0.330 e. The monoisotopic (exact) mass is 329 g/mol. The molecule has 23 heavy (non-hydrogen) atoms. The second-order valence-corrected chi connectivity index (χ2v) is 6.73. The summed E-state index contributed by atoms with van der Waals surface area (Å²) in [5.74, 6) is 1.08. The van der Waals surface area contributed by atoms with Crippen LogP contribution in [0.1, 0.15) is 30.3 Å². The molecular weight excluding hydrogens is 310 g/mol. The third kappa shape index (κ3) is 2.64. The maximum Gasteiger partial charge on any atom is 0.123 e. The first kappa shape index (κ1) is 14.7. The molecule has 3 heterocycles. The van der Waals surface area contributed by atoms with Crippen LogP contribution in [0.5, 0.6) is 0 Å². The van der Waals surface area contributed by atoms with Gasteiger partial charge >= 0.3 is 0 Å². The van der Waals surface area contributed by atoms with E-state index in [1.165, 1.54) is 18.4 Å². The molecule has 0 spiro atoms. The van der Waals surface area contributed by atoms with Crippen molar-refractivity contribution in [2.24, 2.45) is 14.1 Å². The van der Waals surface area contributed by atoms with Crippen LogP contribution in [0.25, 0.3) is 11.0 Å². The summed E-state index contributed by atoms with van der Waals surface area (Å²) in [6.07, 6.45) is 6.51. The van der Waals surface area contributed by atoms with Gasteiger partial charge in [-0.2, -0.15) is 5.10 Å². The van der Waals surface area contributed by atoms with Gasteiger partial charge in [-0.25, -0.2) is 4.98 Å². The first-order valence-corrected chi connectivity index (χ1v) is 8.33. The first-order valence-electron chi connectivity index (χ1n) is 7.95. The SMILES string of the molecule is Cn1cc([C@@H]2CCCN2Cc2nc3cc(Cl)ccc3n2C)cn1. The van der Waals surface area contributed by atoms with Crippen LogP contribution in [-0.4, -0.2) is 30.8 Å². The number of aromatic nitrogens is 4. The van der Waals surface area contributed by atoms with Crippen molar-refractivity contribution in [1.29, 1.82) is 0 Å². The fourth-order valence-corrected chi connectivity index (χ4v) is 3.72. The zero-order chi connectivity index (χ0) is 16.0. The summed E-state index contributed by atoms with van der Waals surface area (Å²) in [5, 5.41) is 5.05. The van der Waals surface area contributed by atoms with Gasteiger partial charge < -0.3 is 4.57 Å². The Balaban J connectivity index is 1.63. The van der Waals surface area contributed by atoms with Gasteiger partial charge in [-0.1, -0.05) is 11.6 Å². The van der Waals surface area contributed by atoms with E-state index in [-0.39, 0.29) is 0 Å². The Hall–Kier alpha value is -1.85. The quantitative estimate of drug-likeness (QED) is 0.740. The van der Waals surface area contributed by atoms with Crippen molar-refractivity contribution in [2.45, 2.75) is 25.4 Å². The van der Waals surface area contributed by atoms with Crippen molar-refractivity contribution in [3.63, 3.8) is 0 Å². The molecule has 0 radical (unpaired) electrons. The standard InChI is InChI=1S/C17H20ClN5/c1-21-10-12(9-19-21)15-4-3-7-23(15)11-17-20-14-8-13(18)5-6-16(14)22(17)2/h5-6,8-10,15H,3-4,7,11H2,1-2H3/t15-/m0/s1. The summed E-state index contributed by atoms with van der Waals surface area (Å²) in [5.41, 5.74) is 3.39. The van der Waals surface area contributed by atoms with Gasteiger partial charge in [-0.15, -0.1) is 0 Å². The van der Waals surface area contributed by atoms with Crippen LogP contribution in [-0.2, 0) is 20.6 Å². The summed E-state index contributed by atoms with van der Waals surface area (Å²) in [7, 11) is 4.05. The molecule has 4 rings (SSSR count).